The van der Waals surface area contributed by atoms with Crippen molar-refractivity contribution in [3.8, 4) is 0 Å². The maximum Gasteiger partial charge on any atom is 0.414 e. The summed E-state index contributed by atoms with van der Waals surface area (Å²) >= 11 is 0. The van der Waals surface area contributed by atoms with Gasteiger partial charge in [0.15, 0.2) is 0 Å². The van der Waals surface area contributed by atoms with Gasteiger partial charge in [0.25, 0.3) is 0 Å². The van der Waals surface area contributed by atoms with E-state index in [1.807, 2.05) is 0 Å². The number of rotatable bonds is 0. The molecule has 0 spiro atoms. The molecule has 7 heteroatoms. The largest absolute Gasteiger partial charge is 0.473 e. The van der Waals surface area contributed by atoms with E-state index in [-0.39, 0.29) is 33.3 Å². The monoisotopic (exact) mass is 173 g/mol. The van der Waals surface area contributed by atoms with Crippen LogP contribution in [-0.4, -0.2) is 27.6 Å². The summed E-state index contributed by atoms with van der Waals surface area (Å²) in [5, 5.41) is 14.8. The predicted molar refractivity (Wildman–Crippen MR) is 23.9 cm³/mol. The van der Waals surface area contributed by atoms with Crippen LogP contribution in [0, 0.1) is 0 Å². The molecule has 0 bridgehead atoms. The first-order chi connectivity index (χ1) is 2.64. The van der Waals surface area contributed by atoms with Gasteiger partial charge in [-0.05, 0) is 0 Å². The number of hydrogen-bond donors (Lipinski definition) is 3. The molecule has 9 heavy (non-hydrogen) atoms. The fraction of sp³-hybridized carbons (Fsp3) is 0. The van der Waals surface area contributed by atoms with Crippen LogP contribution in [0.2, 0.25) is 0 Å². The first-order valence-corrected chi connectivity index (χ1v) is 1.11. The average Bonchev–Trinajstić information content (AvgIpc) is 1.36. The van der Waals surface area contributed by atoms with Crippen molar-refractivity contribution in [1.82, 2.24) is 6.15 Å². The average molecular weight is 173 g/mol. The van der Waals surface area contributed by atoms with Crippen molar-refractivity contribution in [2.45, 2.75) is 0 Å². The zero-order valence-electron chi connectivity index (χ0n) is 4.42. The smallest absolute Gasteiger partial charge is 0.414 e. The number of carboxylic acids is 2. The Hall–Kier alpha value is -0.426. The molecule has 0 heterocycles. The molecule has 0 radical (unpaired) electrons. The van der Waals surface area contributed by atoms with E-state index in [2.05, 4.69) is 0 Å². The predicted octanol–water partition coefficient (Wildman–Crippen LogP) is -1.51. The summed E-state index contributed by atoms with van der Waals surface area (Å²) in [5.74, 6) is -3.65. The molecular weight excluding hydrogens is 166 g/mol. The maximum absolute atomic E-state index is 9.10. The minimum atomic E-state index is -1.82. The molecule has 54 valence electrons. The molecule has 0 aliphatic carbocycles. The standard InChI is InChI=1S/C2H2O4.H3N.H2O.Ti/c3-1(4)2(5)6;;;/h(H,3,4)(H,5,6);1H3;1H2;. The Balaban J connectivity index is -0.0000000417. The Labute approximate surface area is 65.6 Å². The second-order valence-electron chi connectivity index (χ2n) is 0.610. The van der Waals surface area contributed by atoms with Crippen LogP contribution >= 0.6 is 0 Å². The van der Waals surface area contributed by atoms with Gasteiger partial charge in [-0.15, -0.1) is 0 Å². The molecule has 7 N–H and O–H groups in total. The number of carbonyl (C=O) groups is 2. The van der Waals surface area contributed by atoms with Crippen LogP contribution in [0.15, 0.2) is 0 Å². The zero-order chi connectivity index (χ0) is 5.15. The molecule has 0 atom stereocenters. The molecule has 0 aliphatic rings. The molecular formula is C2H7NO5Ti. The first-order valence-electron chi connectivity index (χ1n) is 1.11. The molecule has 0 saturated carbocycles. The molecule has 0 rings (SSSR count). The van der Waals surface area contributed by atoms with E-state index in [4.69, 9.17) is 19.8 Å². The quantitative estimate of drug-likeness (QED) is 0.301. The summed E-state index contributed by atoms with van der Waals surface area (Å²) in [6.07, 6.45) is 0. The van der Waals surface area contributed by atoms with E-state index in [9.17, 15) is 0 Å². The van der Waals surface area contributed by atoms with E-state index in [1.165, 1.54) is 0 Å². The van der Waals surface area contributed by atoms with Gasteiger partial charge < -0.3 is 21.8 Å². The normalized spacial score (nSPS) is 4.89. The van der Waals surface area contributed by atoms with Crippen molar-refractivity contribution in [3.63, 3.8) is 0 Å². The van der Waals surface area contributed by atoms with Crippen LogP contribution in [0.5, 0.6) is 0 Å². The number of carboxylic acid groups (broad SMARTS) is 2. The van der Waals surface area contributed by atoms with Gasteiger partial charge >= 0.3 is 11.9 Å². The van der Waals surface area contributed by atoms with E-state index < -0.39 is 11.9 Å². The van der Waals surface area contributed by atoms with Gasteiger partial charge in [-0.25, -0.2) is 9.59 Å². The van der Waals surface area contributed by atoms with Crippen LogP contribution in [-0.2, 0) is 31.3 Å². The summed E-state index contributed by atoms with van der Waals surface area (Å²) in [7, 11) is 0. The van der Waals surface area contributed by atoms with Crippen LogP contribution in [0.4, 0.5) is 0 Å². The van der Waals surface area contributed by atoms with Gasteiger partial charge in [-0.3, -0.25) is 0 Å². The molecule has 0 aromatic heterocycles. The topological polar surface area (TPSA) is 141 Å². The Morgan fingerprint density at radius 3 is 1.11 bits per heavy atom. The number of hydrogen-bond acceptors (Lipinski definition) is 3. The summed E-state index contributed by atoms with van der Waals surface area (Å²) < 4.78 is 0. The molecule has 0 aliphatic heterocycles. The van der Waals surface area contributed by atoms with Crippen molar-refractivity contribution in [1.29, 1.82) is 0 Å². The minimum Gasteiger partial charge on any atom is -0.473 e. The van der Waals surface area contributed by atoms with Crippen LogP contribution in [0.25, 0.3) is 0 Å². The molecule has 0 aromatic carbocycles. The van der Waals surface area contributed by atoms with E-state index in [0.717, 1.165) is 0 Å². The van der Waals surface area contributed by atoms with Gasteiger partial charge in [-0.2, -0.15) is 0 Å². The Morgan fingerprint density at radius 1 is 1.00 bits per heavy atom. The third kappa shape index (κ3) is 18.4. The van der Waals surface area contributed by atoms with Crippen molar-refractivity contribution in [2.75, 3.05) is 0 Å². The molecule has 6 nitrogen and oxygen atoms in total. The Bertz CT molecular complexity index is 81.0. The van der Waals surface area contributed by atoms with Gasteiger partial charge in [0.05, 0.1) is 0 Å². The first kappa shape index (κ1) is 23.5. The third-order valence-electron chi connectivity index (χ3n) is 0.183. The van der Waals surface area contributed by atoms with Gasteiger partial charge in [-0.1, -0.05) is 0 Å². The summed E-state index contributed by atoms with van der Waals surface area (Å²) in [5.41, 5.74) is 0. The van der Waals surface area contributed by atoms with Crippen LogP contribution in [0.1, 0.15) is 0 Å². The zero-order valence-corrected chi connectivity index (χ0v) is 5.98. The van der Waals surface area contributed by atoms with Crippen molar-refractivity contribution in [2.24, 2.45) is 0 Å². The second-order valence-corrected chi connectivity index (χ2v) is 0.610. The summed E-state index contributed by atoms with van der Waals surface area (Å²) in [6.45, 7) is 0. The van der Waals surface area contributed by atoms with E-state index >= 15 is 0 Å². The summed E-state index contributed by atoms with van der Waals surface area (Å²) in [6, 6.07) is 0. The van der Waals surface area contributed by atoms with Crippen molar-refractivity contribution < 1.29 is 47.0 Å². The van der Waals surface area contributed by atoms with Crippen LogP contribution in [0.3, 0.4) is 0 Å². The van der Waals surface area contributed by atoms with Gasteiger partial charge in [0.1, 0.15) is 0 Å². The molecule has 0 saturated heterocycles. The molecule has 0 unspecified atom stereocenters. The Morgan fingerprint density at radius 2 is 1.11 bits per heavy atom. The molecule has 0 amide bonds. The van der Waals surface area contributed by atoms with Crippen LogP contribution < -0.4 is 6.15 Å². The fourth-order valence-electron chi connectivity index (χ4n) is 0. The summed E-state index contributed by atoms with van der Waals surface area (Å²) in [4.78, 5) is 18.2. The maximum atomic E-state index is 9.10. The molecule has 0 aromatic rings. The number of aliphatic carboxylic acids is 2. The fourth-order valence-corrected chi connectivity index (χ4v) is 0. The minimum absolute atomic E-state index is 0. The van der Waals surface area contributed by atoms with Crippen molar-refractivity contribution >= 4 is 11.9 Å². The third-order valence-corrected chi connectivity index (χ3v) is 0.183. The van der Waals surface area contributed by atoms with E-state index in [1.54, 1.807) is 0 Å². The van der Waals surface area contributed by atoms with Gasteiger partial charge in [0.2, 0.25) is 0 Å². The Kier molecular flexibility index (Phi) is 27.5. The van der Waals surface area contributed by atoms with Crippen molar-refractivity contribution in [3.05, 3.63) is 0 Å². The molecule has 0 fully saturated rings. The van der Waals surface area contributed by atoms with E-state index in [0.29, 0.717) is 0 Å². The second kappa shape index (κ2) is 10.5. The van der Waals surface area contributed by atoms with Gasteiger partial charge in [0, 0.05) is 21.7 Å². The SMILES string of the molecule is N.O.O=C(O)C(=O)O.[Ti].